The molecular formula is C54H47ClN6O8. The number of rotatable bonds is 14. The molecule has 0 atom stereocenters. The molecule has 0 aliphatic carbocycles. The summed E-state index contributed by atoms with van der Waals surface area (Å²) in [4.78, 5) is 49.5. The first-order valence-electron chi connectivity index (χ1n) is 21.3. The van der Waals surface area contributed by atoms with E-state index < -0.39 is 5.97 Å². The summed E-state index contributed by atoms with van der Waals surface area (Å²) in [5.41, 5.74) is 4.99. The van der Waals surface area contributed by atoms with Crippen LogP contribution in [0.2, 0.25) is 0 Å². The van der Waals surface area contributed by atoms with Crippen LogP contribution in [0.4, 0.5) is 0 Å². The van der Waals surface area contributed by atoms with E-state index >= 15 is 0 Å². The topological polar surface area (TPSA) is 200 Å². The second-order valence-electron chi connectivity index (χ2n) is 14.8. The van der Waals surface area contributed by atoms with Crippen molar-refractivity contribution < 1.29 is 39.1 Å². The highest BCUT2D eigenvalue weighted by atomic mass is 35.5. The van der Waals surface area contributed by atoms with Crippen LogP contribution in [0.3, 0.4) is 0 Å². The van der Waals surface area contributed by atoms with Crippen molar-refractivity contribution in [1.29, 1.82) is 0 Å². The average Bonchev–Trinajstić information content (AvgIpc) is 3.38. The summed E-state index contributed by atoms with van der Waals surface area (Å²) in [6, 6.07) is 47.6. The molecule has 2 heterocycles. The minimum Gasteiger partial charge on any atom is -0.508 e. The molecule has 0 saturated heterocycles. The second-order valence-corrected chi connectivity index (χ2v) is 15.2. The van der Waals surface area contributed by atoms with Gasteiger partial charge in [0.25, 0.3) is 0 Å². The van der Waals surface area contributed by atoms with Crippen LogP contribution in [0.5, 0.6) is 23.0 Å². The van der Waals surface area contributed by atoms with E-state index in [1.165, 1.54) is 18.2 Å². The average molecular weight is 943 g/mol. The number of esters is 2. The van der Waals surface area contributed by atoms with Crippen LogP contribution < -0.4 is 4.74 Å². The molecule has 0 bridgehead atoms. The van der Waals surface area contributed by atoms with Crippen molar-refractivity contribution in [2.45, 2.75) is 13.8 Å². The van der Waals surface area contributed by atoms with Crippen LogP contribution in [-0.2, 0) is 19.1 Å². The highest BCUT2D eigenvalue weighted by molar-refractivity contribution is 6.18. The summed E-state index contributed by atoms with van der Waals surface area (Å²) >= 11 is 5.24. The Balaban J connectivity index is 0.000000197. The Morgan fingerprint density at radius 2 is 0.812 bits per heavy atom. The van der Waals surface area contributed by atoms with Gasteiger partial charge in [0.05, 0.1) is 17.0 Å². The van der Waals surface area contributed by atoms with Gasteiger partial charge in [-0.2, -0.15) is 0 Å². The number of phenolic OH excluding ortho intramolecular Hbond substituents is 3. The maximum absolute atomic E-state index is 11.4. The minimum absolute atomic E-state index is 0.0214. The summed E-state index contributed by atoms with van der Waals surface area (Å²) in [6.07, 6.45) is 0. The molecule has 8 aromatic rings. The Hall–Kier alpha value is -8.75. The van der Waals surface area contributed by atoms with Gasteiger partial charge in [0.1, 0.15) is 42.8 Å². The zero-order valence-electron chi connectivity index (χ0n) is 37.7. The van der Waals surface area contributed by atoms with Gasteiger partial charge in [-0.3, -0.25) is 0 Å². The monoisotopic (exact) mass is 942 g/mol. The number of ether oxygens (including phenoxy) is 3. The van der Waals surface area contributed by atoms with E-state index in [9.17, 15) is 24.9 Å². The number of alkyl halides is 1. The molecule has 0 unspecified atom stereocenters. The Morgan fingerprint density at radius 1 is 0.464 bits per heavy atom. The Bertz CT molecular complexity index is 2900. The largest absolute Gasteiger partial charge is 0.508 e. The van der Waals surface area contributed by atoms with Gasteiger partial charge in [-0.05, 0) is 38.1 Å². The van der Waals surface area contributed by atoms with Gasteiger partial charge < -0.3 is 29.5 Å². The lowest BCUT2D eigenvalue weighted by Gasteiger charge is -2.11. The normalized spacial score (nSPS) is 10.3. The second kappa shape index (κ2) is 24.7. The van der Waals surface area contributed by atoms with E-state index in [1.807, 2.05) is 121 Å². The van der Waals surface area contributed by atoms with E-state index in [-0.39, 0.29) is 43.0 Å². The van der Waals surface area contributed by atoms with Gasteiger partial charge in [-0.25, -0.2) is 39.5 Å². The molecule has 0 radical (unpaired) electrons. The molecule has 0 aliphatic heterocycles. The van der Waals surface area contributed by atoms with Crippen molar-refractivity contribution in [3.05, 3.63) is 182 Å². The molecule has 2 aromatic heterocycles. The third-order valence-corrected chi connectivity index (χ3v) is 9.58. The number of phenols is 3. The van der Waals surface area contributed by atoms with Crippen molar-refractivity contribution in [1.82, 2.24) is 29.9 Å². The van der Waals surface area contributed by atoms with E-state index in [4.69, 9.17) is 21.1 Å². The van der Waals surface area contributed by atoms with E-state index in [2.05, 4.69) is 47.8 Å². The van der Waals surface area contributed by atoms with Gasteiger partial charge in [-0.1, -0.05) is 134 Å². The zero-order chi connectivity index (χ0) is 49.1. The number of carbonyl (C=O) groups is 2. The minimum atomic E-state index is -0.472. The molecule has 6 aromatic carbocycles. The van der Waals surface area contributed by atoms with Crippen LogP contribution in [-0.4, -0.2) is 82.9 Å². The molecule has 3 N–H and O–H groups in total. The predicted molar refractivity (Wildman–Crippen MR) is 265 cm³/mol. The lowest BCUT2D eigenvalue weighted by Crippen LogP contribution is -2.12. The fraction of sp³-hybridized carbons (Fsp3) is 0.111. The summed E-state index contributed by atoms with van der Waals surface area (Å²) < 4.78 is 15.2. The highest BCUT2D eigenvalue weighted by Crippen LogP contribution is 2.34. The van der Waals surface area contributed by atoms with Gasteiger partial charge >= 0.3 is 11.9 Å². The lowest BCUT2D eigenvalue weighted by molar-refractivity contribution is -0.140. The highest BCUT2D eigenvalue weighted by Gasteiger charge is 2.17. The van der Waals surface area contributed by atoms with Crippen molar-refractivity contribution >= 4 is 23.5 Å². The van der Waals surface area contributed by atoms with Crippen molar-refractivity contribution in [3.63, 3.8) is 0 Å². The Labute approximate surface area is 404 Å². The number of benzene rings is 6. The molecule has 0 saturated carbocycles. The maximum atomic E-state index is 11.4. The van der Waals surface area contributed by atoms with Crippen LogP contribution in [0.25, 0.3) is 68.3 Å². The fourth-order valence-electron chi connectivity index (χ4n) is 6.03. The van der Waals surface area contributed by atoms with Gasteiger partial charge in [0.2, 0.25) is 0 Å². The third kappa shape index (κ3) is 14.4. The summed E-state index contributed by atoms with van der Waals surface area (Å²) in [7, 11) is 0. The van der Waals surface area contributed by atoms with E-state index in [0.29, 0.717) is 68.8 Å². The fourth-order valence-corrected chi connectivity index (χ4v) is 6.11. The van der Waals surface area contributed by atoms with Crippen molar-refractivity contribution in [2.24, 2.45) is 0 Å². The molecule has 69 heavy (non-hydrogen) atoms. The summed E-state index contributed by atoms with van der Waals surface area (Å²) in [5.74, 6) is 2.47. The quantitative estimate of drug-likeness (QED) is 0.0402. The van der Waals surface area contributed by atoms with Gasteiger partial charge in [-0.15, -0.1) is 11.6 Å². The molecule has 0 amide bonds. The third-order valence-electron chi connectivity index (χ3n) is 9.42. The number of halogens is 1. The number of aromatic hydroxyl groups is 3. The molecule has 0 aliphatic rings. The molecule has 348 valence electrons. The van der Waals surface area contributed by atoms with Crippen molar-refractivity contribution in [3.8, 4) is 91.3 Å². The molecule has 0 fully saturated rings. The van der Waals surface area contributed by atoms with Crippen LogP contribution >= 0.6 is 11.6 Å². The molecule has 8 rings (SSSR count). The van der Waals surface area contributed by atoms with Gasteiger partial charge in [0.15, 0.2) is 34.9 Å². The first-order valence-corrected chi connectivity index (χ1v) is 21.9. The standard InChI is InChI=1S/C27H23N3O4.C21H15N3O2.C6H9ClO2/c1-18(2)27(32)34-16-15-33-21-13-14-22(23(31)17-21)26-29-24(19-9-5-3-6-10-19)28-25(30-26)20-11-7-4-8-12-20;25-16-11-12-17(18(26)13-16)21-23-19(14-7-3-1-4-8-14)22-20(24-21)15-9-5-2-6-10-15;1-5(2)6(8)9-4-3-7/h3-14,17,31H,1,15-16H2,2H3;1-13,25-26H;1,3-4H2,2H3. The first kappa shape index (κ1) is 49.7. The smallest absolute Gasteiger partial charge is 0.333 e. The van der Waals surface area contributed by atoms with Crippen LogP contribution in [0.15, 0.2) is 182 Å². The van der Waals surface area contributed by atoms with Crippen molar-refractivity contribution in [2.75, 3.05) is 25.7 Å². The zero-order valence-corrected chi connectivity index (χ0v) is 38.5. The first-order chi connectivity index (χ1) is 33.4. The van der Waals surface area contributed by atoms with Crippen LogP contribution in [0, 0.1) is 0 Å². The van der Waals surface area contributed by atoms with E-state index in [1.54, 1.807) is 32.0 Å². The summed E-state index contributed by atoms with van der Waals surface area (Å²) in [6.45, 7) is 10.6. The Kier molecular flexibility index (Phi) is 17.8. The molecular weight excluding hydrogens is 896 g/mol. The number of aromatic nitrogens is 6. The molecule has 14 nitrogen and oxygen atoms in total. The molecule has 0 spiro atoms. The number of hydrogen-bond donors (Lipinski definition) is 3. The van der Waals surface area contributed by atoms with Gasteiger partial charge in [0, 0.05) is 45.5 Å². The number of nitrogens with zero attached hydrogens (tertiary/aromatic N) is 6. The maximum Gasteiger partial charge on any atom is 0.333 e. The Morgan fingerprint density at radius 3 is 1.16 bits per heavy atom. The SMILES string of the molecule is C=C(C)C(=O)OCCCl.C=C(C)C(=O)OCCOc1ccc(-c2nc(-c3ccccc3)nc(-c3ccccc3)n2)c(O)c1.Oc1ccc(-c2nc(-c3ccccc3)nc(-c3ccccc3)n2)c(O)c1. The number of hydrogen-bond acceptors (Lipinski definition) is 14. The van der Waals surface area contributed by atoms with E-state index in [0.717, 1.165) is 22.3 Å². The lowest BCUT2D eigenvalue weighted by atomic mass is 10.1. The summed E-state index contributed by atoms with van der Waals surface area (Å²) in [5, 5.41) is 30.5. The molecule has 15 heteroatoms. The number of carbonyl (C=O) groups excluding carboxylic acids is 2. The van der Waals surface area contributed by atoms with Crippen LogP contribution in [0.1, 0.15) is 13.8 Å². The predicted octanol–water partition coefficient (Wildman–Crippen LogP) is 10.7.